The van der Waals surface area contributed by atoms with Crippen molar-refractivity contribution in [1.82, 2.24) is 5.32 Å². The molecule has 15 heavy (non-hydrogen) atoms. The third kappa shape index (κ3) is 8.08. The number of thioether (sulfide) groups is 1. The van der Waals surface area contributed by atoms with Crippen LogP contribution in [0.3, 0.4) is 0 Å². The van der Waals surface area contributed by atoms with Crippen LogP contribution < -0.4 is 5.32 Å². The first-order valence-electron chi connectivity index (χ1n) is 5.71. The summed E-state index contributed by atoms with van der Waals surface area (Å²) in [6, 6.07) is 0.333. The van der Waals surface area contributed by atoms with Gasteiger partial charge in [-0.15, -0.1) is 0 Å². The van der Waals surface area contributed by atoms with Crippen molar-refractivity contribution >= 4 is 11.8 Å². The second-order valence-electron chi connectivity index (χ2n) is 3.67. The van der Waals surface area contributed by atoms with E-state index in [1.165, 1.54) is 6.42 Å². The number of ether oxygens (including phenoxy) is 1. The lowest BCUT2D eigenvalue weighted by Gasteiger charge is -2.21. The second-order valence-corrected chi connectivity index (χ2v) is 4.74. The third-order valence-corrected chi connectivity index (χ3v) is 3.56. The van der Waals surface area contributed by atoms with E-state index in [0.29, 0.717) is 6.04 Å². The highest BCUT2D eigenvalue weighted by Crippen LogP contribution is 2.09. The molecule has 0 aromatic rings. The summed E-state index contributed by atoms with van der Waals surface area (Å²) in [7, 11) is 0. The summed E-state index contributed by atoms with van der Waals surface area (Å²) in [5, 5.41) is 12.7. The zero-order chi connectivity index (χ0) is 11.5. The van der Waals surface area contributed by atoms with Crippen LogP contribution in [0.5, 0.6) is 0 Å². The van der Waals surface area contributed by atoms with Gasteiger partial charge in [-0.05, 0) is 19.6 Å². The lowest BCUT2D eigenvalue weighted by Crippen LogP contribution is -2.39. The van der Waals surface area contributed by atoms with Crippen LogP contribution >= 0.6 is 11.8 Å². The first-order valence-corrected chi connectivity index (χ1v) is 6.99. The monoisotopic (exact) mass is 235 g/mol. The molecule has 0 rings (SSSR count). The topological polar surface area (TPSA) is 41.5 Å². The van der Waals surface area contributed by atoms with Crippen molar-refractivity contribution in [3.05, 3.63) is 0 Å². The minimum absolute atomic E-state index is 0.228. The number of unbranched alkanes of at least 4 members (excludes halogenated alkanes) is 1. The van der Waals surface area contributed by atoms with Gasteiger partial charge in [0.05, 0.1) is 13.2 Å². The van der Waals surface area contributed by atoms with E-state index in [2.05, 4.69) is 19.2 Å². The first-order chi connectivity index (χ1) is 7.26. The van der Waals surface area contributed by atoms with E-state index in [1.807, 2.05) is 6.26 Å². The molecule has 0 aliphatic heterocycles. The number of nitrogens with one attached hydrogen (secondary N) is 1. The zero-order valence-electron chi connectivity index (χ0n) is 10.2. The first kappa shape index (κ1) is 15.2. The minimum Gasteiger partial charge on any atom is -0.395 e. The Bertz CT molecular complexity index is 132. The van der Waals surface area contributed by atoms with Crippen LogP contribution in [0.4, 0.5) is 0 Å². The molecule has 2 unspecified atom stereocenters. The van der Waals surface area contributed by atoms with E-state index in [9.17, 15) is 0 Å². The highest BCUT2D eigenvalue weighted by atomic mass is 32.2. The molecule has 4 heteroatoms. The zero-order valence-corrected chi connectivity index (χ0v) is 11.0. The Morgan fingerprint density at radius 3 is 2.67 bits per heavy atom. The van der Waals surface area contributed by atoms with E-state index >= 15 is 0 Å². The fourth-order valence-electron chi connectivity index (χ4n) is 1.28. The van der Waals surface area contributed by atoms with Gasteiger partial charge in [-0.1, -0.05) is 13.3 Å². The number of hydrogen-bond donors (Lipinski definition) is 2. The van der Waals surface area contributed by atoms with Crippen molar-refractivity contribution in [1.29, 1.82) is 0 Å². The molecule has 0 saturated carbocycles. The van der Waals surface area contributed by atoms with Gasteiger partial charge in [-0.25, -0.2) is 0 Å². The smallest absolute Gasteiger partial charge is 0.0591 e. The van der Waals surface area contributed by atoms with Gasteiger partial charge in [0.15, 0.2) is 0 Å². The van der Waals surface area contributed by atoms with E-state index in [0.717, 1.165) is 26.2 Å². The molecule has 92 valence electrons. The molecule has 0 heterocycles. The molecular formula is C11H25NO2S. The molecule has 0 aliphatic carbocycles. The van der Waals surface area contributed by atoms with Gasteiger partial charge in [0.1, 0.15) is 0 Å². The van der Waals surface area contributed by atoms with Crippen molar-refractivity contribution in [2.45, 2.75) is 38.0 Å². The van der Waals surface area contributed by atoms with E-state index < -0.39 is 0 Å². The highest BCUT2D eigenvalue weighted by Gasteiger charge is 2.13. The van der Waals surface area contributed by atoms with E-state index in [4.69, 9.17) is 9.84 Å². The maximum Gasteiger partial charge on any atom is 0.0591 e. The molecule has 0 radical (unpaired) electrons. The predicted octanol–water partition coefficient (Wildman–Crippen LogP) is 1.51. The Labute approximate surface area is 98.0 Å². The van der Waals surface area contributed by atoms with Gasteiger partial charge in [0.25, 0.3) is 0 Å². The Kier molecular flexibility index (Phi) is 10.9. The van der Waals surface area contributed by atoms with Gasteiger partial charge in [0, 0.05) is 24.4 Å². The van der Waals surface area contributed by atoms with Crippen molar-refractivity contribution in [3.63, 3.8) is 0 Å². The summed E-state index contributed by atoms with van der Waals surface area (Å²) < 4.78 is 5.44. The number of rotatable bonds is 10. The molecule has 0 amide bonds. The number of hydrogen-bond acceptors (Lipinski definition) is 4. The molecule has 0 aromatic heterocycles. The lowest BCUT2D eigenvalue weighted by atomic mass is 10.2. The minimum atomic E-state index is 0.228. The second kappa shape index (κ2) is 10.7. The van der Waals surface area contributed by atoms with Crippen LogP contribution in [-0.2, 0) is 4.74 Å². The fourth-order valence-corrected chi connectivity index (χ4v) is 1.93. The Morgan fingerprint density at radius 1 is 1.40 bits per heavy atom. The molecule has 0 saturated heterocycles. The van der Waals surface area contributed by atoms with Crippen molar-refractivity contribution < 1.29 is 9.84 Å². The summed E-state index contributed by atoms with van der Waals surface area (Å²) in [5.41, 5.74) is 0. The van der Waals surface area contributed by atoms with Crippen LogP contribution in [0.2, 0.25) is 0 Å². The van der Waals surface area contributed by atoms with Gasteiger partial charge < -0.3 is 15.2 Å². The molecule has 3 nitrogen and oxygen atoms in total. The lowest BCUT2D eigenvalue weighted by molar-refractivity contribution is 0.130. The average molecular weight is 235 g/mol. The molecular weight excluding hydrogens is 210 g/mol. The fraction of sp³-hybridized carbons (Fsp3) is 1.00. The van der Waals surface area contributed by atoms with Crippen molar-refractivity contribution in [3.8, 4) is 0 Å². The van der Waals surface area contributed by atoms with Crippen LogP contribution in [0.1, 0.15) is 26.7 Å². The Morgan fingerprint density at radius 2 is 2.13 bits per heavy atom. The number of aliphatic hydroxyl groups is 1. The van der Waals surface area contributed by atoms with Crippen LogP contribution in [0.15, 0.2) is 0 Å². The average Bonchev–Trinajstić information content (AvgIpc) is 2.25. The van der Waals surface area contributed by atoms with Gasteiger partial charge in [-0.2, -0.15) is 11.8 Å². The summed E-state index contributed by atoms with van der Waals surface area (Å²) in [4.78, 5) is 0. The largest absolute Gasteiger partial charge is 0.395 e. The van der Waals surface area contributed by atoms with Gasteiger partial charge in [-0.3, -0.25) is 0 Å². The molecule has 0 bridgehead atoms. The molecule has 0 fully saturated rings. The molecule has 0 aromatic carbocycles. The summed E-state index contributed by atoms with van der Waals surface area (Å²) >= 11 is 1.70. The standard InChI is InChI=1S/C11H25NO2S/c1-4-5-7-14-8-6-12-10(2)11(9-13)15-3/h10-13H,4-9H2,1-3H3. The van der Waals surface area contributed by atoms with Gasteiger partial charge >= 0.3 is 0 Å². The van der Waals surface area contributed by atoms with Crippen LogP contribution in [0.25, 0.3) is 0 Å². The highest BCUT2D eigenvalue weighted by molar-refractivity contribution is 7.99. The molecule has 0 spiro atoms. The van der Waals surface area contributed by atoms with E-state index in [-0.39, 0.29) is 11.9 Å². The Hall–Kier alpha value is 0.230. The van der Waals surface area contributed by atoms with Crippen LogP contribution in [-0.4, -0.2) is 49.0 Å². The molecule has 0 aliphatic rings. The molecule has 2 atom stereocenters. The van der Waals surface area contributed by atoms with Crippen molar-refractivity contribution in [2.75, 3.05) is 32.6 Å². The summed E-state index contributed by atoms with van der Waals surface area (Å²) in [6.45, 7) is 6.97. The van der Waals surface area contributed by atoms with Crippen LogP contribution in [0, 0.1) is 0 Å². The van der Waals surface area contributed by atoms with Gasteiger partial charge in [0.2, 0.25) is 0 Å². The SMILES string of the molecule is CCCCOCCNC(C)C(CO)SC. The summed E-state index contributed by atoms with van der Waals surface area (Å²) in [6.07, 6.45) is 4.35. The normalized spacial score (nSPS) is 15.2. The predicted molar refractivity (Wildman–Crippen MR) is 67.6 cm³/mol. The molecule has 2 N–H and O–H groups in total. The Balaban J connectivity index is 3.33. The maximum atomic E-state index is 9.08. The van der Waals surface area contributed by atoms with Crippen molar-refractivity contribution in [2.24, 2.45) is 0 Å². The maximum absolute atomic E-state index is 9.08. The number of aliphatic hydroxyl groups excluding tert-OH is 1. The quantitative estimate of drug-likeness (QED) is 0.563. The third-order valence-electron chi connectivity index (χ3n) is 2.40. The van der Waals surface area contributed by atoms with E-state index in [1.54, 1.807) is 11.8 Å². The summed E-state index contributed by atoms with van der Waals surface area (Å²) in [5.74, 6) is 0.